The van der Waals surface area contributed by atoms with E-state index < -0.39 is 0 Å². The van der Waals surface area contributed by atoms with Crippen LogP contribution in [0.4, 0.5) is 0 Å². The van der Waals surface area contributed by atoms with Crippen molar-refractivity contribution >= 4 is 0 Å². The molecule has 1 aromatic heterocycles. The van der Waals surface area contributed by atoms with E-state index >= 15 is 0 Å². The number of aliphatic hydroxyl groups excluding tert-OH is 1. The second kappa shape index (κ2) is 4.11. The van der Waals surface area contributed by atoms with Crippen LogP contribution in [0.15, 0.2) is 12.3 Å². The lowest BCUT2D eigenvalue weighted by Crippen LogP contribution is -2.44. The molecule has 0 bridgehead atoms. The summed E-state index contributed by atoms with van der Waals surface area (Å²) in [5.41, 5.74) is 1.25. The van der Waals surface area contributed by atoms with Crippen LogP contribution in [-0.2, 0) is 13.5 Å². The normalized spacial score (nSPS) is 26.1. The van der Waals surface area contributed by atoms with Crippen LogP contribution < -0.4 is 5.32 Å². The van der Waals surface area contributed by atoms with Crippen LogP contribution in [0, 0.1) is 0 Å². The molecule has 14 heavy (non-hydrogen) atoms. The Morgan fingerprint density at radius 1 is 1.64 bits per heavy atom. The van der Waals surface area contributed by atoms with Crippen LogP contribution in [0.1, 0.15) is 18.5 Å². The smallest absolute Gasteiger partial charge is 0.0570 e. The minimum absolute atomic E-state index is 0.0656. The molecule has 2 rings (SSSR count). The zero-order valence-electron chi connectivity index (χ0n) is 8.48. The fourth-order valence-corrected chi connectivity index (χ4v) is 1.81. The molecule has 0 aromatic carbocycles. The highest BCUT2D eigenvalue weighted by Gasteiger charge is 2.25. The lowest BCUT2D eigenvalue weighted by Gasteiger charge is -2.32. The molecular weight excluding hydrogens is 178 g/mol. The van der Waals surface area contributed by atoms with Crippen molar-refractivity contribution in [3.63, 3.8) is 0 Å². The molecule has 1 saturated carbocycles. The summed E-state index contributed by atoms with van der Waals surface area (Å²) in [6, 6.07) is 2.57. The molecule has 0 atom stereocenters. The molecule has 2 N–H and O–H groups in total. The number of hydrogen-bond acceptors (Lipinski definition) is 3. The zero-order valence-corrected chi connectivity index (χ0v) is 8.48. The largest absolute Gasteiger partial charge is 0.393 e. The van der Waals surface area contributed by atoms with Crippen molar-refractivity contribution in [2.24, 2.45) is 7.05 Å². The monoisotopic (exact) mass is 195 g/mol. The van der Waals surface area contributed by atoms with E-state index in [1.165, 1.54) is 5.69 Å². The van der Waals surface area contributed by atoms with E-state index in [0.717, 1.165) is 25.8 Å². The van der Waals surface area contributed by atoms with Gasteiger partial charge in [0.05, 0.1) is 6.10 Å². The number of aryl methyl sites for hydroxylation is 1. The molecule has 78 valence electrons. The van der Waals surface area contributed by atoms with Crippen molar-refractivity contribution in [3.05, 3.63) is 18.0 Å². The third-order valence-corrected chi connectivity index (χ3v) is 2.85. The third-order valence-electron chi connectivity index (χ3n) is 2.85. The van der Waals surface area contributed by atoms with E-state index in [2.05, 4.69) is 10.4 Å². The summed E-state index contributed by atoms with van der Waals surface area (Å²) in [6.45, 7) is 0.969. The fraction of sp³-hybridized carbons (Fsp3) is 0.700. The Morgan fingerprint density at radius 3 is 3.00 bits per heavy atom. The summed E-state index contributed by atoms with van der Waals surface area (Å²) in [4.78, 5) is 0. The molecule has 1 fully saturated rings. The second-order valence-corrected chi connectivity index (χ2v) is 3.97. The fourth-order valence-electron chi connectivity index (χ4n) is 1.81. The van der Waals surface area contributed by atoms with Gasteiger partial charge in [-0.05, 0) is 18.9 Å². The molecule has 0 spiro atoms. The summed E-state index contributed by atoms with van der Waals surface area (Å²) < 4.78 is 1.90. The highest BCUT2D eigenvalue weighted by Crippen LogP contribution is 2.18. The van der Waals surface area contributed by atoms with Gasteiger partial charge in [0.2, 0.25) is 0 Å². The van der Waals surface area contributed by atoms with Crippen molar-refractivity contribution in [3.8, 4) is 0 Å². The quantitative estimate of drug-likeness (QED) is 0.715. The van der Waals surface area contributed by atoms with Crippen LogP contribution in [0.25, 0.3) is 0 Å². The number of rotatable bonds is 4. The van der Waals surface area contributed by atoms with Gasteiger partial charge in [0.1, 0.15) is 0 Å². The first-order valence-corrected chi connectivity index (χ1v) is 5.14. The summed E-state index contributed by atoms with van der Waals surface area (Å²) in [7, 11) is 1.96. The molecular formula is C10H17N3O. The third kappa shape index (κ3) is 2.13. The van der Waals surface area contributed by atoms with Gasteiger partial charge in [0.15, 0.2) is 0 Å². The molecule has 0 radical (unpaired) electrons. The molecule has 1 aliphatic carbocycles. The summed E-state index contributed by atoms with van der Waals surface area (Å²) in [6.07, 6.45) is 4.58. The van der Waals surface area contributed by atoms with Gasteiger partial charge < -0.3 is 10.4 Å². The van der Waals surface area contributed by atoms with Crippen LogP contribution in [-0.4, -0.2) is 33.6 Å². The van der Waals surface area contributed by atoms with E-state index in [9.17, 15) is 0 Å². The molecule has 1 heterocycles. The number of nitrogens with one attached hydrogen (secondary N) is 1. The molecule has 0 saturated heterocycles. The highest BCUT2D eigenvalue weighted by molar-refractivity contribution is 5.00. The molecule has 0 aliphatic heterocycles. The van der Waals surface area contributed by atoms with Crippen molar-refractivity contribution in [2.45, 2.75) is 31.4 Å². The number of aromatic nitrogens is 2. The van der Waals surface area contributed by atoms with Gasteiger partial charge in [-0.2, -0.15) is 5.10 Å². The van der Waals surface area contributed by atoms with E-state index in [1.807, 2.05) is 24.0 Å². The van der Waals surface area contributed by atoms with Crippen molar-refractivity contribution < 1.29 is 5.11 Å². The maximum Gasteiger partial charge on any atom is 0.0570 e. The van der Waals surface area contributed by atoms with Crippen molar-refractivity contribution in [1.29, 1.82) is 0 Å². The van der Waals surface area contributed by atoms with Crippen LogP contribution in [0.2, 0.25) is 0 Å². The Labute approximate surface area is 83.9 Å². The van der Waals surface area contributed by atoms with Gasteiger partial charge in [-0.3, -0.25) is 4.68 Å². The maximum absolute atomic E-state index is 9.09. The summed E-state index contributed by atoms with van der Waals surface area (Å²) in [5.74, 6) is 0. The molecule has 0 amide bonds. The lowest BCUT2D eigenvalue weighted by molar-refractivity contribution is 0.0629. The number of aliphatic hydroxyl groups is 1. The molecule has 0 unspecified atom stereocenters. The van der Waals surface area contributed by atoms with E-state index in [1.54, 1.807) is 0 Å². The Hall–Kier alpha value is -0.870. The average molecular weight is 195 g/mol. The van der Waals surface area contributed by atoms with Crippen LogP contribution in [0.3, 0.4) is 0 Å². The predicted molar refractivity (Wildman–Crippen MR) is 53.9 cm³/mol. The molecule has 4 heteroatoms. The van der Waals surface area contributed by atoms with Gasteiger partial charge >= 0.3 is 0 Å². The van der Waals surface area contributed by atoms with Gasteiger partial charge in [0, 0.05) is 37.9 Å². The first-order chi connectivity index (χ1) is 6.75. The average Bonchev–Trinajstić information content (AvgIpc) is 2.49. The minimum Gasteiger partial charge on any atom is -0.393 e. The zero-order chi connectivity index (χ0) is 9.97. The Kier molecular flexibility index (Phi) is 2.84. The second-order valence-electron chi connectivity index (χ2n) is 3.97. The first-order valence-electron chi connectivity index (χ1n) is 5.14. The Balaban J connectivity index is 1.66. The van der Waals surface area contributed by atoms with Crippen molar-refractivity contribution in [1.82, 2.24) is 15.1 Å². The number of nitrogens with zero attached hydrogens (tertiary/aromatic N) is 2. The highest BCUT2D eigenvalue weighted by atomic mass is 16.3. The Bertz CT molecular complexity index is 291. The molecule has 1 aliphatic rings. The van der Waals surface area contributed by atoms with Gasteiger partial charge in [-0.25, -0.2) is 0 Å². The van der Waals surface area contributed by atoms with Gasteiger partial charge in [0.25, 0.3) is 0 Å². The van der Waals surface area contributed by atoms with Gasteiger partial charge in [-0.15, -0.1) is 0 Å². The topological polar surface area (TPSA) is 50.1 Å². The SMILES string of the molecule is Cn1nccc1CCNC1CC(O)C1. The molecule has 4 nitrogen and oxygen atoms in total. The molecule has 1 aromatic rings. The Morgan fingerprint density at radius 2 is 2.43 bits per heavy atom. The van der Waals surface area contributed by atoms with Crippen molar-refractivity contribution in [2.75, 3.05) is 6.54 Å². The van der Waals surface area contributed by atoms with E-state index in [4.69, 9.17) is 5.11 Å². The number of hydrogen-bond donors (Lipinski definition) is 2. The lowest BCUT2D eigenvalue weighted by atomic mass is 9.89. The standard InChI is InChI=1S/C10H17N3O/c1-13-9(3-5-12-13)2-4-11-8-6-10(14)7-8/h3,5,8,10-11,14H,2,4,6-7H2,1H3. The summed E-state index contributed by atoms with van der Waals surface area (Å²) in [5, 5.41) is 16.6. The maximum atomic E-state index is 9.09. The van der Waals surface area contributed by atoms with Crippen LogP contribution in [0.5, 0.6) is 0 Å². The van der Waals surface area contributed by atoms with Gasteiger partial charge in [-0.1, -0.05) is 0 Å². The predicted octanol–water partition coefficient (Wildman–Crippen LogP) is 0.0755. The minimum atomic E-state index is -0.0656. The van der Waals surface area contributed by atoms with Crippen LogP contribution >= 0.6 is 0 Å². The first kappa shape index (κ1) is 9.68. The summed E-state index contributed by atoms with van der Waals surface area (Å²) >= 11 is 0. The van der Waals surface area contributed by atoms with E-state index in [-0.39, 0.29) is 6.10 Å². The van der Waals surface area contributed by atoms with E-state index in [0.29, 0.717) is 6.04 Å².